The molecule has 2 aromatic rings. The predicted octanol–water partition coefficient (Wildman–Crippen LogP) is 2.69. The predicted molar refractivity (Wildman–Crippen MR) is 74.4 cm³/mol. The van der Waals surface area contributed by atoms with Crippen LogP contribution in [-0.4, -0.2) is 5.91 Å². The first-order valence-corrected chi connectivity index (χ1v) is 6.05. The van der Waals surface area contributed by atoms with Crippen molar-refractivity contribution in [2.24, 2.45) is 11.5 Å². The van der Waals surface area contributed by atoms with Crippen LogP contribution in [0.5, 0.6) is 11.5 Å². The number of rotatable bonds is 4. The van der Waals surface area contributed by atoms with E-state index in [0.717, 1.165) is 5.56 Å². The van der Waals surface area contributed by atoms with Crippen molar-refractivity contribution in [3.8, 4) is 11.5 Å². The number of benzene rings is 2. The number of hydrogen-bond donors (Lipinski definition) is 2. The van der Waals surface area contributed by atoms with Crippen molar-refractivity contribution >= 4 is 17.5 Å². The van der Waals surface area contributed by atoms with Crippen LogP contribution in [0, 0.1) is 0 Å². The van der Waals surface area contributed by atoms with Crippen LogP contribution in [-0.2, 0) is 6.54 Å². The van der Waals surface area contributed by atoms with Crippen molar-refractivity contribution in [2.75, 3.05) is 0 Å². The van der Waals surface area contributed by atoms with Gasteiger partial charge in [-0.25, -0.2) is 0 Å². The van der Waals surface area contributed by atoms with E-state index < -0.39 is 5.91 Å². The second kappa shape index (κ2) is 5.73. The molecular formula is C14H13ClN2O2. The molecule has 0 saturated carbocycles. The molecule has 2 rings (SSSR count). The molecule has 0 fully saturated rings. The summed E-state index contributed by atoms with van der Waals surface area (Å²) in [7, 11) is 0. The van der Waals surface area contributed by atoms with Gasteiger partial charge in [-0.05, 0) is 29.8 Å². The zero-order chi connectivity index (χ0) is 13.8. The molecule has 0 atom stereocenters. The number of amides is 1. The number of ether oxygens (including phenoxy) is 1. The largest absolute Gasteiger partial charge is 0.456 e. The van der Waals surface area contributed by atoms with E-state index in [-0.39, 0.29) is 10.6 Å². The fourth-order valence-corrected chi connectivity index (χ4v) is 1.91. The van der Waals surface area contributed by atoms with E-state index in [9.17, 15) is 4.79 Å². The van der Waals surface area contributed by atoms with E-state index in [1.54, 1.807) is 30.3 Å². The molecule has 0 radical (unpaired) electrons. The second-order valence-electron chi connectivity index (χ2n) is 3.93. The maximum Gasteiger partial charge on any atom is 0.254 e. The quantitative estimate of drug-likeness (QED) is 0.901. The first-order chi connectivity index (χ1) is 9.11. The van der Waals surface area contributed by atoms with Crippen molar-refractivity contribution in [2.45, 2.75) is 6.54 Å². The molecule has 0 aliphatic carbocycles. The van der Waals surface area contributed by atoms with Gasteiger partial charge in [0, 0.05) is 6.54 Å². The molecule has 0 aromatic heterocycles. The van der Waals surface area contributed by atoms with Gasteiger partial charge in [0.05, 0.1) is 5.02 Å². The van der Waals surface area contributed by atoms with Gasteiger partial charge in [-0.2, -0.15) is 0 Å². The molecule has 0 aliphatic heterocycles. The summed E-state index contributed by atoms with van der Waals surface area (Å²) in [6.45, 7) is 0.462. The van der Waals surface area contributed by atoms with Crippen LogP contribution in [0.25, 0.3) is 0 Å². The summed E-state index contributed by atoms with van der Waals surface area (Å²) in [5, 5.41) is 0.267. The number of carbonyl (C=O) groups excluding carboxylic acids is 1. The highest BCUT2D eigenvalue weighted by molar-refractivity contribution is 6.34. The Morgan fingerprint density at radius 2 is 1.84 bits per heavy atom. The molecule has 0 heterocycles. The Morgan fingerprint density at radius 3 is 2.42 bits per heavy atom. The van der Waals surface area contributed by atoms with Gasteiger partial charge < -0.3 is 16.2 Å². The minimum atomic E-state index is -0.626. The Bertz CT molecular complexity index is 597. The van der Waals surface area contributed by atoms with E-state index >= 15 is 0 Å². The van der Waals surface area contributed by atoms with Gasteiger partial charge in [-0.1, -0.05) is 29.8 Å². The smallest absolute Gasteiger partial charge is 0.254 e. The highest BCUT2D eigenvalue weighted by Crippen LogP contribution is 2.30. The Balaban J connectivity index is 2.32. The Hall–Kier alpha value is -2.04. The average molecular weight is 277 g/mol. The molecule has 0 unspecified atom stereocenters. The lowest BCUT2D eigenvalue weighted by atomic mass is 10.2. The molecule has 0 saturated heterocycles. The van der Waals surface area contributed by atoms with Crippen molar-refractivity contribution in [1.29, 1.82) is 0 Å². The summed E-state index contributed by atoms with van der Waals surface area (Å²) in [5.41, 5.74) is 12.0. The van der Waals surface area contributed by atoms with Gasteiger partial charge in [0.1, 0.15) is 17.1 Å². The molecule has 19 heavy (non-hydrogen) atoms. The molecule has 0 aliphatic rings. The number of carbonyl (C=O) groups is 1. The molecule has 1 amide bonds. The summed E-state index contributed by atoms with van der Waals surface area (Å²) in [5.74, 6) is 0.293. The lowest BCUT2D eigenvalue weighted by molar-refractivity contribution is 0.0998. The van der Waals surface area contributed by atoms with Gasteiger partial charge in [-0.3, -0.25) is 4.79 Å². The van der Waals surface area contributed by atoms with Crippen LogP contribution in [0.2, 0.25) is 5.02 Å². The van der Waals surface area contributed by atoms with Gasteiger partial charge >= 0.3 is 0 Å². The van der Waals surface area contributed by atoms with E-state index in [2.05, 4.69) is 0 Å². The summed E-state index contributed by atoms with van der Waals surface area (Å²) in [4.78, 5) is 11.4. The van der Waals surface area contributed by atoms with Crippen molar-refractivity contribution < 1.29 is 9.53 Å². The number of nitrogens with two attached hydrogens (primary N) is 2. The highest BCUT2D eigenvalue weighted by atomic mass is 35.5. The first-order valence-electron chi connectivity index (χ1n) is 5.67. The molecule has 0 bridgehead atoms. The molecule has 5 heteroatoms. The van der Waals surface area contributed by atoms with E-state index in [0.29, 0.717) is 18.0 Å². The number of hydrogen-bond acceptors (Lipinski definition) is 3. The van der Waals surface area contributed by atoms with Gasteiger partial charge in [0.2, 0.25) is 0 Å². The molecule has 0 spiro atoms. The second-order valence-corrected chi connectivity index (χ2v) is 4.33. The Morgan fingerprint density at radius 1 is 1.16 bits per heavy atom. The lowest BCUT2D eigenvalue weighted by Crippen LogP contribution is -2.12. The summed E-state index contributed by atoms with van der Waals surface area (Å²) in [6, 6.07) is 12.2. The molecule has 2 aromatic carbocycles. The minimum absolute atomic E-state index is 0.173. The van der Waals surface area contributed by atoms with Gasteiger partial charge in [0.25, 0.3) is 5.91 Å². The molecule has 98 valence electrons. The normalized spacial score (nSPS) is 10.2. The third-order valence-corrected chi connectivity index (χ3v) is 2.92. The standard InChI is InChI=1S/C14H13ClN2O2/c15-11-2-1-3-12(13(11)14(17)18)19-10-6-4-9(8-16)5-7-10/h1-7H,8,16H2,(H2,17,18). The minimum Gasteiger partial charge on any atom is -0.456 e. The van der Waals surface area contributed by atoms with Crippen molar-refractivity contribution in [1.82, 2.24) is 0 Å². The number of halogens is 1. The molecule has 4 nitrogen and oxygen atoms in total. The van der Waals surface area contributed by atoms with E-state index in [1.165, 1.54) is 0 Å². The highest BCUT2D eigenvalue weighted by Gasteiger charge is 2.14. The number of primary amides is 1. The third-order valence-electron chi connectivity index (χ3n) is 2.61. The van der Waals surface area contributed by atoms with Crippen LogP contribution in [0.1, 0.15) is 15.9 Å². The van der Waals surface area contributed by atoms with Crippen LogP contribution < -0.4 is 16.2 Å². The van der Waals surface area contributed by atoms with Crippen molar-refractivity contribution in [3.05, 3.63) is 58.6 Å². The summed E-state index contributed by atoms with van der Waals surface area (Å²) < 4.78 is 5.63. The Kier molecular flexibility index (Phi) is 4.04. The average Bonchev–Trinajstić information content (AvgIpc) is 2.39. The van der Waals surface area contributed by atoms with Crippen LogP contribution >= 0.6 is 11.6 Å². The molecule has 4 N–H and O–H groups in total. The first kappa shape index (κ1) is 13.4. The fourth-order valence-electron chi connectivity index (χ4n) is 1.65. The Labute approximate surface area is 115 Å². The third kappa shape index (κ3) is 3.05. The summed E-state index contributed by atoms with van der Waals surface area (Å²) >= 11 is 5.94. The van der Waals surface area contributed by atoms with Crippen molar-refractivity contribution in [3.63, 3.8) is 0 Å². The van der Waals surface area contributed by atoms with Crippen LogP contribution in [0.15, 0.2) is 42.5 Å². The maximum absolute atomic E-state index is 11.4. The van der Waals surface area contributed by atoms with Crippen LogP contribution in [0.3, 0.4) is 0 Å². The van der Waals surface area contributed by atoms with Gasteiger partial charge in [-0.15, -0.1) is 0 Å². The van der Waals surface area contributed by atoms with E-state index in [1.807, 2.05) is 12.1 Å². The maximum atomic E-state index is 11.4. The molecular weight excluding hydrogens is 264 g/mol. The summed E-state index contributed by atoms with van der Waals surface area (Å²) in [6.07, 6.45) is 0. The fraction of sp³-hybridized carbons (Fsp3) is 0.0714. The zero-order valence-electron chi connectivity index (χ0n) is 10.1. The van der Waals surface area contributed by atoms with Gasteiger partial charge in [0.15, 0.2) is 0 Å². The van der Waals surface area contributed by atoms with E-state index in [4.69, 9.17) is 27.8 Å². The monoisotopic (exact) mass is 276 g/mol. The SMILES string of the molecule is NCc1ccc(Oc2cccc(Cl)c2C(N)=O)cc1. The lowest BCUT2D eigenvalue weighted by Gasteiger charge is -2.10. The topological polar surface area (TPSA) is 78.3 Å². The zero-order valence-corrected chi connectivity index (χ0v) is 10.9. The van der Waals surface area contributed by atoms with Crippen LogP contribution in [0.4, 0.5) is 0 Å².